The van der Waals surface area contributed by atoms with Crippen LogP contribution in [-0.4, -0.2) is 42.2 Å². The number of pyridine rings is 2. The Balaban J connectivity index is 1.57. The molecule has 0 saturated carbocycles. The van der Waals surface area contributed by atoms with E-state index in [1.807, 2.05) is 43.6 Å². The van der Waals surface area contributed by atoms with Gasteiger partial charge in [0.25, 0.3) is 0 Å². The molecule has 2 aromatic heterocycles. The van der Waals surface area contributed by atoms with Crippen molar-refractivity contribution in [3.63, 3.8) is 0 Å². The van der Waals surface area contributed by atoms with Gasteiger partial charge in [-0.25, -0.2) is 4.98 Å². The Morgan fingerprint density at radius 2 is 2.12 bits per heavy atom. The fraction of sp³-hybridized carbons (Fsp3) is 0.450. The second kappa shape index (κ2) is 9.29. The highest BCUT2D eigenvalue weighted by atomic mass is 16.5. The highest BCUT2D eigenvalue weighted by Gasteiger charge is 2.22. The lowest BCUT2D eigenvalue weighted by Crippen LogP contribution is -2.38. The van der Waals surface area contributed by atoms with Crippen LogP contribution in [0.25, 0.3) is 0 Å². The topological polar surface area (TPSA) is 67.4 Å². The summed E-state index contributed by atoms with van der Waals surface area (Å²) >= 11 is 0. The van der Waals surface area contributed by atoms with Crippen molar-refractivity contribution in [2.24, 2.45) is 0 Å². The van der Waals surface area contributed by atoms with E-state index in [1.165, 1.54) is 0 Å². The molecule has 1 amide bonds. The van der Waals surface area contributed by atoms with E-state index in [0.717, 1.165) is 49.3 Å². The van der Waals surface area contributed by atoms with E-state index in [-0.39, 0.29) is 12.0 Å². The molecule has 2 aromatic rings. The molecule has 3 heterocycles. The van der Waals surface area contributed by atoms with Crippen molar-refractivity contribution in [2.75, 3.05) is 25.1 Å². The van der Waals surface area contributed by atoms with E-state index >= 15 is 0 Å². The maximum absolute atomic E-state index is 12.3. The maximum atomic E-state index is 12.3. The van der Waals surface area contributed by atoms with Gasteiger partial charge >= 0.3 is 0 Å². The van der Waals surface area contributed by atoms with Crippen LogP contribution in [0.5, 0.6) is 0 Å². The molecule has 0 unspecified atom stereocenters. The van der Waals surface area contributed by atoms with Gasteiger partial charge in [0.2, 0.25) is 5.91 Å². The van der Waals surface area contributed by atoms with Crippen molar-refractivity contribution in [3.8, 4) is 0 Å². The summed E-state index contributed by atoms with van der Waals surface area (Å²) < 4.78 is 5.55. The molecular formula is C20H26N4O2. The zero-order chi connectivity index (χ0) is 18.2. The van der Waals surface area contributed by atoms with Crippen LogP contribution in [-0.2, 0) is 22.5 Å². The van der Waals surface area contributed by atoms with Gasteiger partial charge < -0.3 is 15.0 Å². The molecule has 26 heavy (non-hydrogen) atoms. The Morgan fingerprint density at radius 1 is 1.23 bits per heavy atom. The first-order valence-corrected chi connectivity index (χ1v) is 9.18. The summed E-state index contributed by atoms with van der Waals surface area (Å²) in [4.78, 5) is 23.3. The summed E-state index contributed by atoms with van der Waals surface area (Å²) in [5, 5.41) is 2.99. The molecule has 0 aliphatic carbocycles. The molecule has 0 aromatic carbocycles. The predicted molar refractivity (Wildman–Crippen MR) is 101 cm³/mol. The number of hydrogen-bond acceptors (Lipinski definition) is 5. The standard InChI is InChI=1S/C20H26N4O2/c1-24(13-10-17-8-2-4-11-21-17)19-16(7-6-12-22-19)15-23-20(25)18-9-3-5-14-26-18/h2,4,6-8,11-12,18H,3,5,9-10,13-15H2,1H3,(H,23,25)/t18-/m0/s1. The number of anilines is 1. The molecule has 0 radical (unpaired) electrons. The van der Waals surface area contributed by atoms with Gasteiger partial charge in [-0.2, -0.15) is 0 Å². The zero-order valence-corrected chi connectivity index (χ0v) is 15.2. The van der Waals surface area contributed by atoms with Crippen molar-refractivity contribution in [3.05, 3.63) is 54.0 Å². The summed E-state index contributed by atoms with van der Waals surface area (Å²) in [6, 6.07) is 9.84. The smallest absolute Gasteiger partial charge is 0.249 e. The average molecular weight is 354 g/mol. The maximum Gasteiger partial charge on any atom is 0.249 e. The fourth-order valence-electron chi connectivity index (χ4n) is 3.09. The molecule has 1 N–H and O–H groups in total. The normalized spacial score (nSPS) is 16.9. The molecule has 3 rings (SSSR count). The minimum absolute atomic E-state index is 0.0318. The Labute approximate surface area is 154 Å². The molecule has 1 atom stereocenters. The number of nitrogens with zero attached hydrogens (tertiary/aromatic N) is 3. The average Bonchev–Trinajstić information content (AvgIpc) is 2.72. The van der Waals surface area contributed by atoms with Crippen LogP contribution < -0.4 is 10.2 Å². The van der Waals surface area contributed by atoms with E-state index in [0.29, 0.717) is 13.2 Å². The highest BCUT2D eigenvalue weighted by Crippen LogP contribution is 2.17. The van der Waals surface area contributed by atoms with E-state index in [1.54, 1.807) is 6.20 Å². The summed E-state index contributed by atoms with van der Waals surface area (Å²) in [7, 11) is 2.01. The van der Waals surface area contributed by atoms with Crippen LogP contribution in [0.2, 0.25) is 0 Å². The second-order valence-corrected chi connectivity index (χ2v) is 6.55. The lowest BCUT2D eigenvalue weighted by Gasteiger charge is -2.23. The third-order valence-electron chi connectivity index (χ3n) is 4.58. The largest absolute Gasteiger partial charge is 0.368 e. The molecule has 1 aliphatic rings. The second-order valence-electron chi connectivity index (χ2n) is 6.55. The van der Waals surface area contributed by atoms with Crippen molar-refractivity contribution in [1.82, 2.24) is 15.3 Å². The van der Waals surface area contributed by atoms with Crippen LogP contribution in [0.3, 0.4) is 0 Å². The number of rotatable bonds is 7. The van der Waals surface area contributed by atoms with E-state index in [4.69, 9.17) is 4.74 Å². The van der Waals surface area contributed by atoms with Gasteiger partial charge in [-0.05, 0) is 37.5 Å². The third kappa shape index (κ3) is 5.02. The zero-order valence-electron chi connectivity index (χ0n) is 15.2. The van der Waals surface area contributed by atoms with Crippen molar-refractivity contribution >= 4 is 11.7 Å². The van der Waals surface area contributed by atoms with Gasteiger partial charge in [0.05, 0.1) is 0 Å². The van der Waals surface area contributed by atoms with Crippen molar-refractivity contribution in [2.45, 2.75) is 38.3 Å². The van der Waals surface area contributed by atoms with Gasteiger partial charge in [-0.3, -0.25) is 9.78 Å². The number of carbonyl (C=O) groups excluding carboxylic acids is 1. The van der Waals surface area contributed by atoms with Crippen LogP contribution in [0.1, 0.15) is 30.5 Å². The van der Waals surface area contributed by atoms with Gasteiger partial charge in [0, 0.05) is 56.8 Å². The quantitative estimate of drug-likeness (QED) is 0.827. The molecule has 0 spiro atoms. The van der Waals surface area contributed by atoms with E-state index in [9.17, 15) is 4.79 Å². The first-order valence-electron chi connectivity index (χ1n) is 9.18. The Morgan fingerprint density at radius 3 is 2.88 bits per heavy atom. The predicted octanol–water partition coefficient (Wildman–Crippen LogP) is 2.34. The number of carbonyl (C=O) groups is 1. The molecule has 6 nitrogen and oxygen atoms in total. The SMILES string of the molecule is CN(CCc1ccccn1)c1ncccc1CNC(=O)[C@@H]1CCCCO1. The number of aromatic nitrogens is 2. The summed E-state index contributed by atoms with van der Waals surface area (Å²) in [5.41, 5.74) is 2.06. The Hall–Kier alpha value is -2.47. The fourth-order valence-corrected chi connectivity index (χ4v) is 3.09. The molecule has 6 heteroatoms. The molecule has 0 bridgehead atoms. The molecule has 1 aliphatic heterocycles. The molecule has 1 saturated heterocycles. The molecule has 1 fully saturated rings. The van der Waals surface area contributed by atoms with Gasteiger partial charge in [-0.15, -0.1) is 0 Å². The van der Waals surface area contributed by atoms with E-state index < -0.39 is 0 Å². The molecule has 138 valence electrons. The van der Waals surface area contributed by atoms with Crippen LogP contribution in [0.4, 0.5) is 5.82 Å². The summed E-state index contributed by atoms with van der Waals surface area (Å²) in [6.07, 6.45) is 7.01. The summed E-state index contributed by atoms with van der Waals surface area (Å²) in [5.74, 6) is 0.851. The van der Waals surface area contributed by atoms with Crippen molar-refractivity contribution in [1.29, 1.82) is 0 Å². The first kappa shape index (κ1) is 18.3. The van der Waals surface area contributed by atoms with Crippen molar-refractivity contribution < 1.29 is 9.53 Å². The number of nitrogens with one attached hydrogen (secondary N) is 1. The summed E-state index contributed by atoms with van der Waals surface area (Å²) in [6.45, 7) is 1.93. The highest BCUT2D eigenvalue weighted by molar-refractivity contribution is 5.80. The van der Waals surface area contributed by atoms with Crippen LogP contribution >= 0.6 is 0 Å². The number of amides is 1. The first-order chi connectivity index (χ1) is 12.7. The lowest BCUT2D eigenvalue weighted by atomic mass is 10.1. The Bertz CT molecular complexity index is 702. The minimum atomic E-state index is -0.314. The third-order valence-corrected chi connectivity index (χ3v) is 4.58. The number of ether oxygens (including phenoxy) is 1. The minimum Gasteiger partial charge on any atom is -0.368 e. The Kier molecular flexibility index (Phi) is 6.55. The van der Waals surface area contributed by atoms with E-state index in [2.05, 4.69) is 20.2 Å². The van der Waals surface area contributed by atoms with Gasteiger partial charge in [0.1, 0.15) is 11.9 Å². The number of likely N-dealkylation sites (N-methyl/N-ethyl adjacent to an activating group) is 1. The van der Waals surface area contributed by atoms with Gasteiger partial charge in [-0.1, -0.05) is 12.1 Å². The monoisotopic (exact) mass is 354 g/mol. The van der Waals surface area contributed by atoms with Gasteiger partial charge in [0.15, 0.2) is 0 Å². The van der Waals surface area contributed by atoms with Crippen LogP contribution in [0, 0.1) is 0 Å². The lowest BCUT2D eigenvalue weighted by molar-refractivity contribution is -0.135. The van der Waals surface area contributed by atoms with Crippen LogP contribution in [0.15, 0.2) is 42.7 Å². The number of hydrogen-bond donors (Lipinski definition) is 1. The molecular weight excluding hydrogens is 328 g/mol.